The van der Waals surface area contributed by atoms with E-state index in [1.165, 1.54) is 17.3 Å². The van der Waals surface area contributed by atoms with Gasteiger partial charge in [0, 0.05) is 13.2 Å². The molecule has 0 bridgehead atoms. The van der Waals surface area contributed by atoms with Crippen LogP contribution in [-0.4, -0.2) is 38.9 Å². The molecule has 0 saturated heterocycles. The quantitative estimate of drug-likeness (QED) is 0.584. The molecule has 6 nitrogen and oxygen atoms in total. The van der Waals surface area contributed by atoms with Crippen LogP contribution in [0.15, 0.2) is 12.7 Å². The topological polar surface area (TPSA) is 80.0 Å². The number of carbonyl (C=O) groups is 1. The molecule has 0 unspecified atom stereocenters. The first-order valence-corrected chi connectivity index (χ1v) is 4.53. The van der Waals surface area contributed by atoms with E-state index >= 15 is 0 Å². The summed E-state index contributed by atoms with van der Waals surface area (Å²) in [4.78, 5) is 14.9. The van der Waals surface area contributed by atoms with Crippen molar-refractivity contribution >= 4 is 5.91 Å². The molecule has 0 atom stereocenters. The van der Waals surface area contributed by atoms with Crippen molar-refractivity contribution in [2.24, 2.45) is 0 Å². The molecule has 0 aromatic carbocycles. The largest absolute Gasteiger partial charge is 0.396 e. The van der Waals surface area contributed by atoms with E-state index in [2.05, 4.69) is 15.4 Å². The number of unbranched alkanes of at least 4 members (excludes halogenated alkanes) is 1. The van der Waals surface area contributed by atoms with Crippen LogP contribution in [0.5, 0.6) is 0 Å². The molecule has 1 aromatic rings. The first-order chi connectivity index (χ1) is 6.83. The summed E-state index contributed by atoms with van der Waals surface area (Å²) in [6, 6.07) is 0. The number of hydrogen-bond acceptors (Lipinski definition) is 4. The van der Waals surface area contributed by atoms with E-state index in [-0.39, 0.29) is 19.1 Å². The van der Waals surface area contributed by atoms with Crippen LogP contribution >= 0.6 is 0 Å². The zero-order valence-corrected chi connectivity index (χ0v) is 7.89. The lowest BCUT2D eigenvalue weighted by atomic mass is 10.3. The van der Waals surface area contributed by atoms with E-state index in [4.69, 9.17) is 5.11 Å². The Hall–Kier alpha value is -1.43. The Morgan fingerprint density at radius 2 is 2.36 bits per heavy atom. The van der Waals surface area contributed by atoms with Gasteiger partial charge in [-0.05, 0) is 12.8 Å². The Kier molecular flexibility index (Phi) is 4.63. The number of aliphatic hydroxyl groups is 1. The van der Waals surface area contributed by atoms with Crippen molar-refractivity contribution in [3.05, 3.63) is 12.7 Å². The lowest BCUT2D eigenvalue weighted by Crippen LogP contribution is -2.28. The Morgan fingerprint density at radius 3 is 3.00 bits per heavy atom. The number of rotatable bonds is 6. The van der Waals surface area contributed by atoms with Crippen LogP contribution in [0.25, 0.3) is 0 Å². The molecule has 0 aliphatic rings. The molecule has 1 rings (SSSR count). The van der Waals surface area contributed by atoms with Gasteiger partial charge in [-0.25, -0.2) is 9.67 Å². The lowest BCUT2D eigenvalue weighted by Gasteiger charge is -2.03. The molecule has 14 heavy (non-hydrogen) atoms. The standard InChI is InChI=1S/C8H14N4O2/c13-4-2-1-3-10-8(14)5-12-7-9-6-11-12/h6-7,13H,1-5H2,(H,10,14). The van der Waals surface area contributed by atoms with E-state index in [1.807, 2.05) is 0 Å². The second kappa shape index (κ2) is 6.09. The number of nitrogens with one attached hydrogen (secondary N) is 1. The van der Waals surface area contributed by atoms with Crippen molar-refractivity contribution in [3.63, 3.8) is 0 Å². The van der Waals surface area contributed by atoms with Crippen LogP contribution in [0.4, 0.5) is 0 Å². The SMILES string of the molecule is O=C(Cn1cncn1)NCCCCO. The normalized spacial score (nSPS) is 10.1. The van der Waals surface area contributed by atoms with Gasteiger partial charge in [-0.2, -0.15) is 5.10 Å². The van der Waals surface area contributed by atoms with Gasteiger partial charge in [0.2, 0.25) is 5.91 Å². The second-order valence-corrected chi connectivity index (χ2v) is 2.87. The highest BCUT2D eigenvalue weighted by Gasteiger charge is 2.01. The van der Waals surface area contributed by atoms with Gasteiger partial charge in [0.1, 0.15) is 19.2 Å². The van der Waals surface area contributed by atoms with Gasteiger partial charge >= 0.3 is 0 Å². The van der Waals surface area contributed by atoms with Gasteiger partial charge in [0.25, 0.3) is 0 Å². The van der Waals surface area contributed by atoms with E-state index in [0.717, 1.165) is 6.42 Å². The third-order valence-electron chi connectivity index (χ3n) is 1.68. The molecule has 2 N–H and O–H groups in total. The minimum Gasteiger partial charge on any atom is -0.396 e. The van der Waals surface area contributed by atoms with Gasteiger partial charge in [-0.1, -0.05) is 0 Å². The first-order valence-electron chi connectivity index (χ1n) is 4.53. The van der Waals surface area contributed by atoms with Crippen LogP contribution in [-0.2, 0) is 11.3 Å². The summed E-state index contributed by atoms with van der Waals surface area (Å²) < 4.78 is 1.46. The highest BCUT2D eigenvalue weighted by Crippen LogP contribution is 1.85. The molecule has 78 valence electrons. The first kappa shape index (κ1) is 10.6. The van der Waals surface area contributed by atoms with Crippen LogP contribution in [0.2, 0.25) is 0 Å². The number of nitrogens with zero attached hydrogens (tertiary/aromatic N) is 3. The number of aromatic nitrogens is 3. The molecule has 1 aromatic heterocycles. The third-order valence-corrected chi connectivity index (χ3v) is 1.68. The lowest BCUT2D eigenvalue weighted by molar-refractivity contribution is -0.121. The molecular formula is C8H14N4O2. The average Bonchev–Trinajstić information content (AvgIpc) is 2.65. The van der Waals surface area contributed by atoms with Crippen molar-refractivity contribution in [3.8, 4) is 0 Å². The maximum Gasteiger partial charge on any atom is 0.241 e. The van der Waals surface area contributed by atoms with Crippen LogP contribution in [0, 0.1) is 0 Å². The molecular weight excluding hydrogens is 184 g/mol. The highest BCUT2D eigenvalue weighted by molar-refractivity contribution is 5.75. The fourth-order valence-electron chi connectivity index (χ4n) is 0.982. The third kappa shape index (κ3) is 3.99. The molecule has 0 aliphatic heterocycles. The van der Waals surface area contributed by atoms with E-state index < -0.39 is 0 Å². The monoisotopic (exact) mass is 198 g/mol. The van der Waals surface area contributed by atoms with Crippen molar-refractivity contribution in [2.45, 2.75) is 19.4 Å². The fraction of sp³-hybridized carbons (Fsp3) is 0.625. The van der Waals surface area contributed by atoms with Gasteiger partial charge in [-0.3, -0.25) is 4.79 Å². The van der Waals surface area contributed by atoms with Crippen molar-refractivity contribution in [2.75, 3.05) is 13.2 Å². The van der Waals surface area contributed by atoms with Gasteiger partial charge in [0.05, 0.1) is 0 Å². The van der Waals surface area contributed by atoms with Crippen molar-refractivity contribution in [1.29, 1.82) is 0 Å². The maximum absolute atomic E-state index is 11.2. The summed E-state index contributed by atoms with van der Waals surface area (Å²) in [5.74, 6) is -0.0894. The predicted molar refractivity (Wildman–Crippen MR) is 49.4 cm³/mol. The number of carbonyl (C=O) groups excluding carboxylic acids is 1. The van der Waals surface area contributed by atoms with E-state index in [1.54, 1.807) is 0 Å². The Bertz CT molecular complexity index is 260. The number of aliphatic hydroxyl groups excluding tert-OH is 1. The van der Waals surface area contributed by atoms with E-state index in [0.29, 0.717) is 13.0 Å². The number of hydrogen-bond donors (Lipinski definition) is 2. The summed E-state index contributed by atoms with van der Waals surface area (Å²) in [6.45, 7) is 0.951. The zero-order valence-electron chi connectivity index (χ0n) is 7.89. The number of amides is 1. The van der Waals surface area contributed by atoms with Gasteiger partial charge in [-0.15, -0.1) is 0 Å². The summed E-state index contributed by atoms with van der Waals surface area (Å²) in [6.07, 6.45) is 4.38. The summed E-state index contributed by atoms with van der Waals surface area (Å²) in [7, 11) is 0. The van der Waals surface area contributed by atoms with Crippen molar-refractivity contribution in [1.82, 2.24) is 20.1 Å². The molecule has 6 heteroatoms. The minimum atomic E-state index is -0.0894. The van der Waals surface area contributed by atoms with Crippen LogP contribution in [0.1, 0.15) is 12.8 Å². The Balaban J connectivity index is 2.11. The molecule has 1 heterocycles. The average molecular weight is 198 g/mol. The molecule has 0 aliphatic carbocycles. The summed E-state index contributed by atoms with van der Waals surface area (Å²) >= 11 is 0. The molecule has 1 amide bonds. The predicted octanol–water partition coefficient (Wildman–Crippen LogP) is -0.833. The van der Waals surface area contributed by atoms with Crippen LogP contribution < -0.4 is 5.32 Å². The fourth-order valence-corrected chi connectivity index (χ4v) is 0.982. The Labute approximate surface area is 82.0 Å². The van der Waals surface area contributed by atoms with Crippen LogP contribution in [0.3, 0.4) is 0 Å². The second-order valence-electron chi connectivity index (χ2n) is 2.87. The molecule has 0 saturated carbocycles. The highest BCUT2D eigenvalue weighted by atomic mass is 16.2. The minimum absolute atomic E-state index is 0.0894. The smallest absolute Gasteiger partial charge is 0.241 e. The zero-order chi connectivity index (χ0) is 10.2. The van der Waals surface area contributed by atoms with E-state index in [9.17, 15) is 4.79 Å². The van der Waals surface area contributed by atoms with Gasteiger partial charge in [0.15, 0.2) is 0 Å². The maximum atomic E-state index is 11.2. The van der Waals surface area contributed by atoms with Gasteiger partial charge < -0.3 is 10.4 Å². The molecule has 0 radical (unpaired) electrons. The van der Waals surface area contributed by atoms with Crippen molar-refractivity contribution < 1.29 is 9.90 Å². The molecule has 0 fully saturated rings. The summed E-state index contributed by atoms with van der Waals surface area (Å²) in [5.41, 5.74) is 0. The summed E-state index contributed by atoms with van der Waals surface area (Å²) in [5, 5.41) is 15.0. The molecule has 0 spiro atoms. The Morgan fingerprint density at radius 1 is 1.50 bits per heavy atom.